The quantitative estimate of drug-likeness (QED) is 0.0807. The lowest BCUT2D eigenvalue weighted by atomic mass is 9.65. The van der Waals surface area contributed by atoms with Crippen molar-refractivity contribution in [3.05, 3.63) is 155 Å². The van der Waals surface area contributed by atoms with E-state index < -0.39 is 83.3 Å². The van der Waals surface area contributed by atoms with Gasteiger partial charge in [0, 0.05) is 5.56 Å². The first-order valence-electron chi connectivity index (χ1n) is 21.8. The maximum atomic E-state index is 16.5. The number of amides is 6. The van der Waals surface area contributed by atoms with Crippen LogP contribution in [0.1, 0.15) is 59.9 Å². The predicted molar refractivity (Wildman–Crippen MR) is 252 cm³/mol. The molecule has 0 unspecified atom stereocenters. The van der Waals surface area contributed by atoms with Gasteiger partial charge in [0.25, 0.3) is 0 Å². The lowest BCUT2D eigenvalue weighted by Gasteiger charge is -2.46. The number of hydrogen-bond acceptors (Lipinski definition) is 12. The predicted octanol–water partition coefficient (Wildman–Crippen LogP) is 6.23. The fourth-order valence-corrected chi connectivity index (χ4v) is 10.7. The molecule has 5 aromatic carbocycles. The zero-order valence-corrected chi connectivity index (χ0v) is 37.7. The molecule has 6 N–H and O–H groups in total. The highest BCUT2D eigenvalue weighted by atomic mass is 32.1. The Kier molecular flexibility index (Phi) is 12.1. The second-order valence-corrected chi connectivity index (χ2v) is 17.9. The van der Waals surface area contributed by atoms with Crippen molar-refractivity contribution in [3.63, 3.8) is 0 Å². The first-order valence-corrected chi connectivity index (χ1v) is 22.6. The van der Waals surface area contributed by atoms with Gasteiger partial charge >= 0.3 is 24.0 Å². The first-order chi connectivity index (χ1) is 32.8. The van der Waals surface area contributed by atoms with Crippen LogP contribution in [0, 0.1) is 23.7 Å². The van der Waals surface area contributed by atoms with Gasteiger partial charge in [-0.15, -0.1) is 0 Å². The molecule has 1 spiro atoms. The number of primary amides is 1. The number of methoxy groups -OCH3 is 1. The molecular formula is C51H45N7O9S. The van der Waals surface area contributed by atoms with Gasteiger partial charge in [-0.25, -0.2) is 24.3 Å². The molecule has 2 saturated heterocycles. The Hall–Kier alpha value is -8.07. The summed E-state index contributed by atoms with van der Waals surface area (Å²) in [6, 6.07) is 29.9. The van der Waals surface area contributed by atoms with Gasteiger partial charge in [0.1, 0.15) is 29.4 Å². The van der Waals surface area contributed by atoms with Crippen molar-refractivity contribution in [3.8, 4) is 17.6 Å². The zero-order chi connectivity index (χ0) is 47.9. The molecule has 0 bridgehead atoms. The number of morpholine rings is 1. The molecule has 344 valence electrons. The summed E-state index contributed by atoms with van der Waals surface area (Å²) in [5, 5.41) is 19.0. The number of aromatic nitrogens is 1. The number of nitrogens with zero attached hydrogens (tertiary/aromatic N) is 3. The smallest absolute Gasteiger partial charge is 0.329 e. The molecule has 0 aliphatic carbocycles. The SMILES string of the molecule is COC(=O)[C@@H](NC(=O)N1C(=O)[C@@]2(c3cc(C#CCNC(N)=O)ccc31)[C@H](C(=O)Nc1nc3ccccc3s1)[C@H]1C(=O)O[C@H](c3ccccc3)[C@H](c3ccccc3)N1[C@@H]2c1ccc(O)cc1)C(C)C. The number of cyclic esters (lactones) is 1. The largest absolute Gasteiger partial charge is 0.508 e. The fraction of sp³-hybridized carbons (Fsp3) is 0.235. The van der Waals surface area contributed by atoms with E-state index >= 15 is 14.4 Å². The van der Waals surface area contributed by atoms with E-state index in [1.165, 1.54) is 36.6 Å². The van der Waals surface area contributed by atoms with Gasteiger partial charge in [0.15, 0.2) is 5.13 Å². The number of carbonyl (C=O) groups is 6. The molecule has 3 aliphatic heterocycles. The van der Waals surface area contributed by atoms with Gasteiger partial charge in [0.05, 0.1) is 47.6 Å². The van der Waals surface area contributed by atoms with Gasteiger partial charge < -0.3 is 36.3 Å². The summed E-state index contributed by atoms with van der Waals surface area (Å²) in [7, 11) is 1.19. The van der Waals surface area contributed by atoms with Crippen molar-refractivity contribution in [2.75, 3.05) is 23.9 Å². The van der Waals surface area contributed by atoms with Crippen molar-refractivity contribution in [2.45, 2.75) is 49.5 Å². The summed E-state index contributed by atoms with van der Waals surface area (Å²) in [6.45, 7) is 3.29. The summed E-state index contributed by atoms with van der Waals surface area (Å²) in [4.78, 5) is 94.8. The third kappa shape index (κ3) is 7.82. The van der Waals surface area contributed by atoms with Crippen LogP contribution >= 0.6 is 11.3 Å². The number of fused-ring (bicyclic) bond motifs is 4. The minimum absolute atomic E-state index is 0.0475. The lowest BCUT2D eigenvalue weighted by molar-refractivity contribution is -0.177. The van der Waals surface area contributed by atoms with E-state index in [9.17, 15) is 19.5 Å². The number of hydrogen-bond donors (Lipinski definition) is 5. The van der Waals surface area contributed by atoms with Crippen molar-refractivity contribution in [1.82, 2.24) is 20.5 Å². The van der Waals surface area contributed by atoms with Crippen LogP contribution in [0.15, 0.2) is 127 Å². The number of imide groups is 1. The number of aromatic hydroxyl groups is 1. The summed E-state index contributed by atoms with van der Waals surface area (Å²) in [5.41, 5.74) is 5.98. The molecule has 2 fully saturated rings. The maximum absolute atomic E-state index is 16.5. The molecule has 0 radical (unpaired) electrons. The molecular weight excluding hydrogens is 887 g/mol. The number of thiazole rings is 1. The van der Waals surface area contributed by atoms with E-state index in [-0.39, 0.29) is 28.7 Å². The van der Waals surface area contributed by atoms with E-state index in [2.05, 4.69) is 32.8 Å². The van der Waals surface area contributed by atoms with Gasteiger partial charge in [-0.2, -0.15) is 0 Å². The normalized spacial score (nSPS) is 22.1. The number of para-hydroxylation sites is 1. The average molecular weight is 932 g/mol. The highest BCUT2D eigenvalue weighted by Gasteiger charge is 2.75. The second kappa shape index (κ2) is 18.3. The maximum Gasteiger partial charge on any atom is 0.329 e. The molecule has 1 aromatic heterocycles. The monoisotopic (exact) mass is 931 g/mol. The Morgan fingerprint density at radius 2 is 1.56 bits per heavy atom. The highest BCUT2D eigenvalue weighted by molar-refractivity contribution is 7.22. The van der Waals surface area contributed by atoms with E-state index in [0.717, 1.165) is 9.60 Å². The summed E-state index contributed by atoms with van der Waals surface area (Å²) in [6.07, 6.45) is -0.984. The topological polar surface area (TPSA) is 223 Å². The molecule has 16 nitrogen and oxygen atoms in total. The second-order valence-electron chi connectivity index (χ2n) is 16.9. The van der Waals surface area contributed by atoms with Crippen LogP contribution in [-0.4, -0.2) is 76.5 Å². The van der Waals surface area contributed by atoms with Gasteiger partial charge in [-0.3, -0.25) is 19.3 Å². The van der Waals surface area contributed by atoms with Crippen molar-refractivity contribution in [1.29, 1.82) is 0 Å². The van der Waals surface area contributed by atoms with Crippen LogP contribution in [0.5, 0.6) is 5.75 Å². The Balaban J connectivity index is 1.35. The Labute approximate surface area is 394 Å². The number of ether oxygens (including phenoxy) is 2. The number of rotatable bonds is 9. The van der Waals surface area contributed by atoms with Crippen molar-refractivity contribution >= 4 is 68.2 Å². The summed E-state index contributed by atoms with van der Waals surface area (Å²) in [5.74, 6) is 0.365. The van der Waals surface area contributed by atoms with Crippen LogP contribution in [0.4, 0.5) is 20.4 Å². The third-order valence-corrected chi connectivity index (χ3v) is 13.6. The first kappa shape index (κ1) is 45.1. The van der Waals surface area contributed by atoms with E-state index in [1.54, 1.807) is 44.2 Å². The summed E-state index contributed by atoms with van der Waals surface area (Å²) >= 11 is 1.20. The number of phenols is 1. The number of urea groups is 2. The van der Waals surface area contributed by atoms with E-state index in [0.29, 0.717) is 27.8 Å². The van der Waals surface area contributed by atoms with Gasteiger partial charge in [0.2, 0.25) is 11.8 Å². The van der Waals surface area contributed by atoms with Crippen molar-refractivity contribution < 1.29 is 43.3 Å². The minimum Gasteiger partial charge on any atom is -0.508 e. The molecule has 3 aliphatic rings. The van der Waals surface area contributed by atoms with Crippen LogP contribution < -0.4 is 26.6 Å². The van der Waals surface area contributed by atoms with E-state index in [1.807, 2.05) is 83.8 Å². The number of benzene rings is 5. The van der Waals surface area contributed by atoms with Gasteiger partial charge in [-0.1, -0.05) is 122 Å². The Morgan fingerprint density at radius 1 is 0.882 bits per heavy atom. The number of carbonyl (C=O) groups excluding carboxylic acids is 6. The Bertz CT molecular complexity index is 2990. The highest BCUT2D eigenvalue weighted by Crippen LogP contribution is 2.66. The molecule has 68 heavy (non-hydrogen) atoms. The standard InChI is InChI=1S/C51H45N7O9S/c1-28(2)39(45(61)66-3)55-50(65)57-36-25-20-29(13-12-26-53-48(52)64)27-34(36)51(47(57)63)38(44(60)56-49-54-35-18-10-11-19-37(35)68-49)41-46(62)67-42(31-16-8-5-9-17-31)40(30-14-6-4-7-15-30)58(41)43(51)32-21-23-33(59)24-22-32/h4-11,14-25,27-28,38-43,59H,26H2,1-3H3,(H,55,65)(H3,52,53,64)(H,54,56,60)/t38-,39-,40-,41-,42+,43+,51-/m0/s1. The molecule has 17 heteroatoms. The lowest BCUT2D eigenvalue weighted by Crippen LogP contribution is -2.57. The zero-order valence-electron chi connectivity index (χ0n) is 36.9. The molecule has 9 rings (SSSR count). The van der Waals surface area contributed by atoms with Crippen LogP contribution in [-0.2, 0) is 34.1 Å². The van der Waals surface area contributed by atoms with Gasteiger partial charge in [-0.05, 0) is 70.6 Å². The molecule has 6 amide bonds. The Morgan fingerprint density at radius 3 is 2.22 bits per heavy atom. The number of anilines is 2. The number of esters is 2. The minimum atomic E-state index is -2.19. The number of nitrogens with one attached hydrogen (secondary N) is 3. The van der Waals surface area contributed by atoms with Crippen molar-refractivity contribution in [2.24, 2.45) is 17.6 Å². The summed E-state index contributed by atoms with van der Waals surface area (Å²) < 4.78 is 12.3. The number of phenolic OH excluding ortho intramolecular Hbond substituents is 1. The van der Waals surface area contributed by atoms with Crippen LogP contribution in [0.3, 0.4) is 0 Å². The molecule has 6 aromatic rings. The number of nitrogens with two attached hydrogens (primary N) is 1. The van der Waals surface area contributed by atoms with E-state index in [4.69, 9.17) is 15.2 Å². The van der Waals surface area contributed by atoms with Crippen LogP contribution in [0.2, 0.25) is 0 Å². The average Bonchev–Trinajstić information content (AvgIpc) is 3.98. The van der Waals surface area contributed by atoms with Crippen LogP contribution in [0.25, 0.3) is 10.2 Å². The molecule has 4 heterocycles. The third-order valence-electron chi connectivity index (χ3n) is 12.7. The fourth-order valence-electron chi connectivity index (χ4n) is 9.85. The molecule has 0 saturated carbocycles. The molecule has 7 atom stereocenters.